The molecule has 0 spiro atoms. The van der Waals surface area contributed by atoms with E-state index in [1.54, 1.807) is 4.90 Å². The van der Waals surface area contributed by atoms with Crippen LogP contribution in [0.3, 0.4) is 0 Å². The Hall–Kier alpha value is -1.47. The highest BCUT2D eigenvalue weighted by Gasteiger charge is 2.12. The fraction of sp³-hybridized carbons (Fsp3) is 0.700. The number of nitrogen functional groups attached to an aromatic ring is 1. The molecule has 1 rings (SSSR count). The molecule has 0 saturated carbocycles. The molecule has 0 amide bonds. The van der Waals surface area contributed by atoms with Crippen LogP contribution in [0.4, 0.5) is 11.9 Å². The number of hydrogen-bond donors (Lipinski definition) is 2. The lowest BCUT2D eigenvalue weighted by Crippen LogP contribution is -2.32. The maximum absolute atomic E-state index is 9.05. The first-order valence-corrected chi connectivity index (χ1v) is 5.43. The highest BCUT2D eigenvalue weighted by atomic mass is 16.3. The number of aromatic nitrogens is 3. The van der Waals surface area contributed by atoms with Gasteiger partial charge in [0, 0.05) is 20.1 Å². The molecular formula is C10H20N6O. The average molecular weight is 240 g/mol. The highest BCUT2D eigenvalue weighted by molar-refractivity contribution is 5.32. The zero-order valence-electron chi connectivity index (χ0n) is 10.8. The third-order valence-electron chi connectivity index (χ3n) is 2.49. The zero-order valence-corrected chi connectivity index (χ0v) is 10.8. The molecule has 1 aromatic rings. The minimum Gasteiger partial charge on any atom is -0.395 e. The van der Waals surface area contributed by atoms with Gasteiger partial charge in [0.05, 0.1) is 13.2 Å². The molecule has 0 radical (unpaired) electrons. The quantitative estimate of drug-likeness (QED) is 0.705. The van der Waals surface area contributed by atoms with Crippen molar-refractivity contribution in [2.24, 2.45) is 0 Å². The normalized spacial score (nSPS) is 12.8. The molecule has 7 heteroatoms. The number of aliphatic hydroxyl groups excluding tert-OH is 1. The third-order valence-corrected chi connectivity index (χ3v) is 2.49. The molecule has 0 fully saturated rings. The van der Waals surface area contributed by atoms with Crippen molar-refractivity contribution in [2.45, 2.75) is 19.5 Å². The fourth-order valence-corrected chi connectivity index (χ4v) is 1.21. The van der Waals surface area contributed by atoms with Crippen LogP contribution in [-0.2, 0) is 6.54 Å². The van der Waals surface area contributed by atoms with E-state index in [0.29, 0.717) is 18.3 Å². The summed E-state index contributed by atoms with van der Waals surface area (Å²) < 4.78 is 0. The second-order valence-corrected chi connectivity index (χ2v) is 4.25. The van der Waals surface area contributed by atoms with Crippen molar-refractivity contribution in [2.75, 3.05) is 38.4 Å². The summed E-state index contributed by atoms with van der Waals surface area (Å²) in [6.07, 6.45) is 0. The Morgan fingerprint density at radius 2 is 1.88 bits per heavy atom. The molecule has 3 N–H and O–H groups in total. The fourth-order valence-electron chi connectivity index (χ4n) is 1.21. The standard InChI is InChI=1S/C10H20N6O/c1-7(6-17)16(4)5-8-12-9(11)14-10(13-8)15(2)3/h7,17H,5-6H2,1-4H3,(H2,11,12,13,14). The Morgan fingerprint density at radius 1 is 1.24 bits per heavy atom. The molecular weight excluding hydrogens is 220 g/mol. The summed E-state index contributed by atoms with van der Waals surface area (Å²) in [5.41, 5.74) is 5.62. The van der Waals surface area contributed by atoms with Gasteiger partial charge in [-0.05, 0) is 14.0 Å². The van der Waals surface area contributed by atoms with Crippen LogP contribution in [0.5, 0.6) is 0 Å². The van der Waals surface area contributed by atoms with E-state index in [1.165, 1.54) is 0 Å². The Morgan fingerprint density at radius 3 is 2.41 bits per heavy atom. The van der Waals surface area contributed by atoms with Crippen molar-refractivity contribution in [3.05, 3.63) is 5.82 Å². The SMILES string of the molecule is CC(CO)N(C)Cc1nc(N)nc(N(C)C)n1. The third kappa shape index (κ3) is 3.79. The number of likely N-dealkylation sites (N-methyl/N-ethyl adjacent to an activating group) is 1. The molecule has 1 unspecified atom stereocenters. The van der Waals surface area contributed by atoms with Crippen molar-refractivity contribution in [1.82, 2.24) is 19.9 Å². The predicted octanol–water partition coefficient (Wildman–Crippen LogP) is -0.668. The lowest BCUT2D eigenvalue weighted by atomic mass is 10.3. The van der Waals surface area contributed by atoms with Crippen molar-refractivity contribution in [1.29, 1.82) is 0 Å². The monoisotopic (exact) mass is 240 g/mol. The van der Waals surface area contributed by atoms with E-state index in [2.05, 4.69) is 15.0 Å². The van der Waals surface area contributed by atoms with Crippen molar-refractivity contribution in [3.63, 3.8) is 0 Å². The van der Waals surface area contributed by atoms with Crippen molar-refractivity contribution in [3.8, 4) is 0 Å². The summed E-state index contributed by atoms with van der Waals surface area (Å²) in [6.45, 7) is 2.55. The van der Waals surface area contributed by atoms with E-state index in [-0.39, 0.29) is 18.6 Å². The lowest BCUT2D eigenvalue weighted by molar-refractivity contribution is 0.151. The summed E-state index contributed by atoms with van der Waals surface area (Å²) in [7, 11) is 5.59. The molecule has 0 aliphatic carbocycles. The van der Waals surface area contributed by atoms with Crippen LogP contribution in [0, 0.1) is 0 Å². The predicted molar refractivity (Wildman–Crippen MR) is 66.6 cm³/mol. The topological polar surface area (TPSA) is 91.4 Å². The Balaban J connectivity index is 2.84. The second-order valence-electron chi connectivity index (χ2n) is 4.25. The van der Waals surface area contributed by atoms with Gasteiger partial charge in [-0.2, -0.15) is 15.0 Å². The van der Waals surface area contributed by atoms with Gasteiger partial charge in [0.25, 0.3) is 0 Å². The first-order valence-electron chi connectivity index (χ1n) is 5.43. The molecule has 96 valence electrons. The first kappa shape index (κ1) is 13.6. The number of rotatable bonds is 5. The van der Waals surface area contributed by atoms with Crippen LogP contribution in [0.25, 0.3) is 0 Å². The Kier molecular flexibility index (Phi) is 4.59. The van der Waals surface area contributed by atoms with Crippen molar-refractivity contribution >= 4 is 11.9 Å². The van der Waals surface area contributed by atoms with Gasteiger partial charge in [0.15, 0.2) is 0 Å². The summed E-state index contributed by atoms with van der Waals surface area (Å²) >= 11 is 0. The van der Waals surface area contributed by atoms with Crippen LogP contribution >= 0.6 is 0 Å². The molecule has 0 saturated heterocycles. The molecule has 1 heterocycles. The summed E-state index contributed by atoms with van der Waals surface area (Å²) in [4.78, 5) is 16.1. The molecule has 7 nitrogen and oxygen atoms in total. The van der Waals surface area contributed by atoms with E-state index in [0.717, 1.165) is 0 Å². The maximum atomic E-state index is 9.05. The Labute approximate surface area is 101 Å². The average Bonchev–Trinajstić information content (AvgIpc) is 2.26. The van der Waals surface area contributed by atoms with Crippen LogP contribution in [0.2, 0.25) is 0 Å². The van der Waals surface area contributed by atoms with E-state index >= 15 is 0 Å². The summed E-state index contributed by atoms with van der Waals surface area (Å²) in [5.74, 6) is 1.35. The van der Waals surface area contributed by atoms with Crippen LogP contribution in [0.1, 0.15) is 12.7 Å². The van der Waals surface area contributed by atoms with Gasteiger partial charge in [-0.15, -0.1) is 0 Å². The number of anilines is 2. The Bertz CT molecular complexity index is 370. The van der Waals surface area contributed by atoms with Gasteiger partial charge in [-0.1, -0.05) is 0 Å². The number of nitrogens with two attached hydrogens (primary N) is 1. The lowest BCUT2D eigenvalue weighted by Gasteiger charge is -2.22. The van der Waals surface area contributed by atoms with E-state index in [1.807, 2.05) is 33.0 Å². The second kappa shape index (κ2) is 5.74. The minimum absolute atomic E-state index is 0.0517. The van der Waals surface area contributed by atoms with Gasteiger partial charge < -0.3 is 15.7 Å². The van der Waals surface area contributed by atoms with Gasteiger partial charge in [0.1, 0.15) is 5.82 Å². The number of nitrogens with zero attached hydrogens (tertiary/aromatic N) is 5. The van der Waals surface area contributed by atoms with E-state index < -0.39 is 0 Å². The molecule has 0 bridgehead atoms. The molecule has 0 aromatic carbocycles. The summed E-state index contributed by atoms with van der Waals surface area (Å²) in [5, 5.41) is 9.05. The molecule has 17 heavy (non-hydrogen) atoms. The highest BCUT2D eigenvalue weighted by Crippen LogP contribution is 2.08. The zero-order chi connectivity index (χ0) is 13.0. The van der Waals surface area contributed by atoms with Gasteiger partial charge in [0.2, 0.25) is 11.9 Å². The number of aliphatic hydroxyl groups is 1. The first-order chi connectivity index (χ1) is 7.93. The van der Waals surface area contributed by atoms with Gasteiger partial charge in [-0.3, -0.25) is 4.90 Å². The number of hydrogen-bond acceptors (Lipinski definition) is 7. The minimum atomic E-state index is 0.0517. The van der Waals surface area contributed by atoms with Gasteiger partial charge >= 0.3 is 0 Å². The van der Waals surface area contributed by atoms with Gasteiger partial charge in [-0.25, -0.2) is 0 Å². The summed E-state index contributed by atoms with van der Waals surface area (Å²) in [6, 6.07) is 0.0517. The molecule has 0 aliphatic heterocycles. The van der Waals surface area contributed by atoms with Crippen LogP contribution in [-0.4, -0.2) is 58.8 Å². The smallest absolute Gasteiger partial charge is 0.229 e. The van der Waals surface area contributed by atoms with Crippen LogP contribution in [0.15, 0.2) is 0 Å². The molecule has 1 atom stereocenters. The van der Waals surface area contributed by atoms with E-state index in [4.69, 9.17) is 10.8 Å². The van der Waals surface area contributed by atoms with E-state index in [9.17, 15) is 0 Å². The maximum Gasteiger partial charge on any atom is 0.229 e. The van der Waals surface area contributed by atoms with Crippen molar-refractivity contribution < 1.29 is 5.11 Å². The molecule has 0 aliphatic rings. The van der Waals surface area contributed by atoms with Crippen LogP contribution < -0.4 is 10.6 Å². The largest absolute Gasteiger partial charge is 0.395 e. The molecule has 1 aromatic heterocycles.